The smallest absolute Gasteiger partial charge is 0.314 e. The van der Waals surface area contributed by atoms with Crippen LogP contribution in [0.3, 0.4) is 0 Å². The Morgan fingerprint density at radius 1 is 1.05 bits per heavy atom. The molecule has 0 saturated heterocycles. The van der Waals surface area contributed by atoms with E-state index in [1.165, 1.54) is 7.11 Å². The quantitative estimate of drug-likeness (QED) is 0.829. The molecule has 0 radical (unpaired) electrons. The summed E-state index contributed by atoms with van der Waals surface area (Å²) in [6, 6.07) is 17.2. The Hall–Kier alpha value is -2.49. The summed E-state index contributed by atoms with van der Waals surface area (Å²) in [4.78, 5) is 12.0. The molecule has 2 rings (SSSR count). The van der Waals surface area contributed by atoms with E-state index in [1.807, 2.05) is 54.6 Å². The third-order valence-electron chi connectivity index (χ3n) is 3.29. The fourth-order valence-corrected chi connectivity index (χ4v) is 2.09. The summed E-state index contributed by atoms with van der Waals surface area (Å²) in [6.45, 7) is 0.475. The van der Waals surface area contributed by atoms with Crippen molar-refractivity contribution in [3.05, 3.63) is 60.2 Å². The molecule has 0 aromatic heterocycles. The highest BCUT2D eigenvalue weighted by atomic mass is 16.5. The van der Waals surface area contributed by atoms with Gasteiger partial charge in [-0.2, -0.15) is 0 Å². The van der Waals surface area contributed by atoms with E-state index < -0.39 is 0 Å². The van der Waals surface area contributed by atoms with Crippen LogP contribution in [0.15, 0.2) is 54.6 Å². The minimum Gasteiger partial charge on any atom is -0.497 e. The van der Waals surface area contributed by atoms with Crippen LogP contribution in [-0.4, -0.2) is 26.7 Å². The Morgan fingerprint density at radius 2 is 1.71 bits per heavy atom. The maximum Gasteiger partial charge on any atom is 0.314 e. The molecule has 0 aliphatic carbocycles. The van der Waals surface area contributed by atoms with Crippen molar-refractivity contribution < 1.29 is 14.3 Å². The largest absolute Gasteiger partial charge is 0.497 e. The summed E-state index contributed by atoms with van der Waals surface area (Å²) in [5, 5.41) is 3.25. The summed E-state index contributed by atoms with van der Waals surface area (Å²) >= 11 is 0. The molecule has 21 heavy (non-hydrogen) atoms. The van der Waals surface area contributed by atoms with Crippen LogP contribution in [0.2, 0.25) is 0 Å². The zero-order valence-electron chi connectivity index (χ0n) is 12.2. The number of hydrogen-bond acceptors (Lipinski definition) is 4. The minimum absolute atomic E-state index is 0.261. The summed E-state index contributed by atoms with van der Waals surface area (Å²) in [6.07, 6.45) is 0. The third kappa shape index (κ3) is 3.99. The number of methoxy groups -OCH3 is 2. The van der Waals surface area contributed by atoms with Gasteiger partial charge in [-0.05, 0) is 29.8 Å². The van der Waals surface area contributed by atoms with Gasteiger partial charge >= 0.3 is 5.97 Å². The monoisotopic (exact) mass is 285 g/mol. The average Bonchev–Trinajstić information content (AvgIpc) is 2.56. The SMILES string of the molecule is COC(=O)C(CNc1ccccc1)c1ccc(OC)cc1. The van der Waals surface area contributed by atoms with Crippen LogP contribution >= 0.6 is 0 Å². The fraction of sp³-hybridized carbons (Fsp3) is 0.235. The number of benzene rings is 2. The van der Waals surface area contributed by atoms with Gasteiger partial charge in [-0.3, -0.25) is 4.79 Å². The minimum atomic E-state index is -0.360. The fourth-order valence-electron chi connectivity index (χ4n) is 2.09. The van der Waals surface area contributed by atoms with E-state index in [0.717, 1.165) is 17.0 Å². The maximum atomic E-state index is 12.0. The number of carbonyl (C=O) groups excluding carboxylic acids is 1. The molecular formula is C17H19NO3. The van der Waals surface area contributed by atoms with Crippen LogP contribution in [-0.2, 0) is 9.53 Å². The summed E-state index contributed by atoms with van der Waals surface area (Å²) in [7, 11) is 3.02. The van der Waals surface area contributed by atoms with E-state index in [4.69, 9.17) is 9.47 Å². The van der Waals surface area contributed by atoms with Crippen molar-refractivity contribution in [2.24, 2.45) is 0 Å². The van der Waals surface area contributed by atoms with E-state index in [9.17, 15) is 4.79 Å². The van der Waals surface area contributed by atoms with Gasteiger partial charge in [0.05, 0.1) is 20.1 Å². The molecule has 0 aliphatic heterocycles. The molecule has 1 N–H and O–H groups in total. The number of carbonyl (C=O) groups is 1. The van der Waals surface area contributed by atoms with E-state index in [-0.39, 0.29) is 11.9 Å². The second-order valence-electron chi connectivity index (χ2n) is 4.60. The summed E-state index contributed by atoms with van der Waals surface area (Å²) in [5.41, 5.74) is 1.87. The summed E-state index contributed by atoms with van der Waals surface area (Å²) in [5.74, 6) is 0.142. The normalized spacial score (nSPS) is 11.5. The van der Waals surface area contributed by atoms with E-state index >= 15 is 0 Å². The van der Waals surface area contributed by atoms with Gasteiger partial charge in [0.2, 0.25) is 0 Å². The zero-order chi connectivity index (χ0) is 15.1. The van der Waals surface area contributed by atoms with Crippen LogP contribution in [0.1, 0.15) is 11.5 Å². The topological polar surface area (TPSA) is 47.6 Å². The molecule has 2 aromatic carbocycles. The Balaban J connectivity index is 2.12. The van der Waals surface area contributed by atoms with Gasteiger partial charge in [-0.1, -0.05) is 30.3 Å². The number of ether oxygens (including phenoxy) is 2. The molecule has 0 spiro atoms. The van der Waals surface area contributed by atoms with Crippen molar-refractivity contribution >= 4 is 11.7 Å². The summed E-state index contributed by atoms with van der Waals surface area (Å²) < 4.78 is 10.0. The molecule has 0 heterocycles. The highest BCUT2D eigenvalue weighted by Crippen LogP contribution is 2.21. The van der Waals surface area contributed by atoms with E-state index in [0.29, 0.717) is 6.54 Å². The van der Waals surface area contributed by atoms with Gasteiger partial charge < -0.3 is 14.8 Å². The third-order valence-corrected chi connectivity index (χ3v) is 3.29. The Bertz CT molecular complexity index is 566. The molecule has 0 bridgehead atoms. The predicted octanol–water partition coefficient (Wildman–Crippen LogP) is 3.06. The lowest BCUT2D eigenvalue weighted by molar-refractivity contribution is -0.142. The lowest BCUT2D eigenvalue weighted by Crippen LogP contribution is -2.22. The average molecular weight is 285 g/mol. The number of esters is 1. The van der Waals surface area contributed by atoms with Crippen molar-refractivity contribution in [3.8, 4) is 5.75 Å². The molecule has 1 atom stereocenters. The first kappa shape index (κ1) is 14.9. The molecule has 2 aromatic rings. The molecule has 110 valence electrons. The molecule has 0 aliphatic rings. The number of nitrogens with one attached hydrogen (secondary N) is 1. The molecule has 4 nitrogen and oxygen atoms in total. The van der Waals surface area contributed by atoms with Crippen LogP contribution < -0.4 is 10.1 Å². The number of para-hydroxylation sites is 1. The standard InChI is InChI=1S/C17H19NO3/c1-20-15-10-8-13(9-11-15)16(17(19)21-2)12-18-14-6-4-3-5-7-14/h3-11,16,18H,12H2,1-2H3. The van der Waals surface area contributed by atoms with Crippen molar-refractivity contribution in [1.29, 1.82) is 0 Å². The highest BCUT2D eigenvalue weighted by molar-refractivity contribution is 5.79. The van der Waals surface area contributed by atoms with Crippen molar-refractivity contribution in [3.63, 3.8) is 0 Å². The Morgan fingerprint density at radius 3 is 2.29 bits per heavy atom. The zero-order valence-corrected chi connectivity index (χ0v) is 12.2. The first-order valence-corrected chi connectivity index (χ1v) is 6.75. The maximum absolute atomic E-state index is 12.0. The lowest BCUT2D eigenvalue weighted by atomic mass is 9.99. The molecule has 0 fully saturated rings. The van der Waals surface area contributed by atoms with E-state index in [2.05, 4.69) is 5.32 Å². The van der Waals surface area contributed by atoms with Gasteiger partial charge in [0.1, 0.15) is 5.75 Å². The number of hydrogen-bond donors (Lipinski definition) is 1. The van der Waals surface area contributed by atoms with Gasteiger partial charge in [-0.15, -0.1) is 0 Å². The Labute approximate surface area is 124 Å². The first-order chi connectivity index (χ1) is 10.2. The van der Waals surface area contributed by atoms with Crippen molar-refractivity contribution in [2.75, 3.05) is 26.1 Å². The second kappa shape index (κ2) is 7.33. The predicted molar refractivity (Wildman–Crippen MR) is 82.7 cm³/mol. The first-order valence-electron chi connectivity index (χ1n) is 6.75. The van der Waals surface area contributed by atoms with Gasteiger partial charge in [0.15, 0.2) is 0 Å². The van der Waals surface area contributed by atoms with Crippen molar-refractivity contribution in [2.45, 2.75) is 5.92 Å². The highest BCUT2D eigenvalue weighted by Gasteiger charge is 2.21. The van der Waals surface area contributed by atoms with Gasteiger partial charge in [0.25, 0.3) is 0 Å². The van der Waals surface area contributed by atoms with Gasteiger partial charge in [0, 0.05) is 12.2 Å². The van der Waals surface area contributed by atoms with E-state index in [1.54, 1.807) is 7.11 Å². The number of anilines is 1. The van der Waals surface area contributed by atoms with Crippen molar-refractivity contribution in [1.82, 2.24) is 0 Å². The molecule has 4 heteroatoms. The van der Waals surface area contributed by atoms with Gasteiger partial charge in [-0.25, -0.2) is 0 Å². The second-order valence-corrected chi connectivity index (χ2v) is 4.60. The molecule has 1 unspecified atom stereocenters. The lowest BCUT2D eigenvalue weighted by Gasteiger charge is -2.17. The van der Waals surface area contributed by atoms with Crippen LogP contribution in [0.25, 0.3) is 0 Å². The van der Waals surface area contributed by atoms with Crippen LogP contribution in [0.5, 0.6) is 5.75 Å². The van der Waals surface area contributed by atoms with Crippen LogP contribution in [0.4, 0.5) is 5.69 Å². The van der Waals surface area contributed by atoms with Crippen LogP contribution in [0, 0.1) is 0 Å². The molecule has 0 amide bonds. The number of rotatable bonds is 6. The molecule has 0 saturated carbocycles. The molecular weight excluding hydrogens is 266 g/mol. The Kier molecular flexibility index (Phi) is 5.21.